The van der Waals surface area contributed by atoms with Crippen LogP contribution in [0.2, 0.25) is 5.02 Å². The van der Waals surface area contributed by atoms with Crippen molar-refractivity contribution < 1.29 is 9.90 Å². The number of halogens is 1. The molecule has 0 radical (unpaired) electrons. The standard InChI is InChI=1S/C15H13ClN2O2/c1-18-14(9-6-7-13(19)11(16)8-9)17-12-5-3-2-4-10(12)15(18)20/h2-8,14,17,19H,1H3. The molecule has 0 saturated heterocycles. The van der Waals surface area contributed by atoms with Gasteiger partial charge >= 0.3 is 0 Å². The number of para-hydroxylation sites is 1. The van der Waals surface area contributed by atoms with Gasteiger partial charge in [-0.2, -0.15) is 0 Å². The molecule has 1 unspecified atom stereocenters. The fourth-order valence-electron chi connectivity index (χ4n) is 2.35. The number of amides is 1. The summed E-state index contributed by atoms with van der Waals surface area (Å²) in [5, 5.41) is 13.1. The quantitative estimate of drug-likeness (QED) is 0.847. The van der Waals surface area contributed by atoms with Crippen molar-refractivity contribution in [2.45, 2.75) is 6.17 Å². The van der Waals surface area contributed by atoms with E-state index in [9.17, 15) is 9.90 Å². The Bertz CT molecular complexity index is 687. The molecule has 0 fully saturated rings. The molecule has 1 aliphatic heterocycles. The summed E-state index contributed by atoms with van der Waals surface area (Å²) in [6.45, 7) is 0. The number of carbonyl (C=O) groups is 1. The van der Waals surface area contributed by atoms with Crippen molar-refractivity contribution in [1.82, 2.24) is 4.90 Å². The predicted octanol–water partition coefficient (Wildman–Crippen LogP) is 3.24. The molecule has 5 heteroatoms. The van der Waals surface area contributed by atoms with Gasteiger partial charge in [-0.05, 0) is 29.8 Å². The van der Waals surface area contributed by atoms with E-state index in [2.05, 4.69) is 5.32 Å². The van der Waals surface area contributed by atoms with Crippen molar-refractivity contribution in [3.05, 3.63) is 58.6 Å². The molecule has 4 nitrogen and oxygen atoms in total. The molecule has 102 valence electrons. The normalized spacial score (nSPS) is 17.6. The van der Waals surface area contributed by atoms with Crippen LogP contribution in [0.3, 0.4) is 0 Å². The zero-order valence-corrected chi connectivity index (χ0v) is 11.6. The topological polar surface area (TPSA) is 52.6 Å². The number of hydrogen-bond donors (Lipinski definition) is 2. The van der Waals surface area contributed by atoms with E-state index in [1.807, 2.05) is 18.2 Å². The van der Waals surface area contributed by atoms with E-state index in [4.69, 9.17) is 11.6 Å². The van der Waals surface area contributed by atoms with Gasteiger partial charge in [0.05, 0.1) is 10.6 Å². The third-order valence-electron chi connectivity index (χ3n) is 3.44. The van der Waals surface area contributed by atoms with E-state index >= 15 is 0 Å². The highest BCUT2D eigenvalue weighted by molar-refractivity contribution is 6.32. The molecule has 2 aromatic rings. The Morgan fingerprint density at radius 2 is 2.00 bits per heavy atom. The maximum atomic E-state index is 12.4. The maximum Gasteiger partial charge on any atom is 0.257 e. The number of aromatic hydroxyl groups is 1. The van der Waals surface area contributed by atoms with Crippen LogP contribution < -0.4 is 5.32 Å². The third kappa shape index (κ3) is 1.98. The van der Waals surface area contributed by atoms with Gasteiger partial charge in [0.25, 0.3) is 5.91 Å². The number of phenolic OH excluding ortho intramolecular Hbond substituents is 1. The van der Waals surface area contributed by atoms with Crippen LogP contribution in [-0.2, 0) is 0 Å². The Kier molecular flexibility index (Phi) is 3.03. The summed E-state index contributed by atoms with van der Waals surface area (Å²) < 4.78 is 0. The van der Waals surface area contributed by atoms with Crippen LogP contribution >= 0.6 is 11.6 Å². The first-order valence-corrected chi connectivity index (χ1v) is 6.57. The van der Waals surface area contributed by atoms with Crippen LogP contribution in [0, 0.1) is 0 Å². The predicted molar refractivity (Wildman–Crippen MR) is 78.0 cm³/mol. The van der Waals surface area contributed by atoms with Crippen molar-refractivity contribution in [3.8, 4) is 5.75 Å². The smallest absolute Gasteiger partial charge is 0.257 e. The van der Waals surface area contributed by atoms with Gasteiger partial charge in [0.2, 0.25) is 0 Å². The lowest BCUT2D eigenvalue weighted by atomic mass is 10.0. The number of nitrogens with zero attached hydrogens (tertiary/aromatic N) is 1. The van der Waals surface area contributed by atoms with Gasteiger partial charge in [-0.15, -0.1) is 0 Å². The zero-order valence-electron chi connectivity index (χ0n) is 10.8. The summed E-state index contributed by atoms with van der Waals surface area (Å²) >= 11 is 5.94. The lowest BCUT2D eigenvalue weighted by Gasteiger charge is -2.35. The van der Waals surface area contributed by atoms with Gasteiger partial charge < -0.3 is 15.3 Å². The third-order valence-corrected chi connectivity index (χ3v) is 3.75. The van der Waals surface area contributed by atoms with Gasteiger partial charge in [-0.1, -0.05) is 29.8 Å². The van der Waals surface area contributed by atoms with E-state index in [1.165, 1.54) is 6.07 Å². The first-order chi connectivity index (χ1) is 9.58. The number of nitrogens with one attached hydrogen (secondary N) is 1. The minimum atomic E-state index is -0.310. The molecular formula is C15H13ClN2O2. The van der Waals surface area contributed by atoms with Crippen LogP contribution in [0.25, 0.3) is 0 Å². The summed E-state index contributed by atoms with van der Waals surface area (Å²) in [6.07, 6.45) is -0.310. The maximum absolute atomic E-state index is 12.4. The summed E-state index contributed by atoms with van der Waals surface area (Å²) in [6, 6.07) is 12.3. The minimum absolute atomic E-state index is 0.0283. The Labute approximate surface area is 121 Å². The lowest BCUT2D eigenvalue weighted by molar-refractivity contribution is 0.0735. The second-order valence-electron chi connectivity index (χ2n) is 4.72. The number of fused-ring (bicyclic) bond motifs is 1. The molecule has 0 spiro atoms. The zero-order chi connectivity index (χ0) is 14.3. The number of carbonyl (C=O) groups excluding carboxylic acids is 1. The van der Waals surface area contributed by atoms with Gasteiger partial charge in [-0.3, -0.25) is 4.79 Å². The van der Waals surface area contributed by atoms with Crippen molar-refractivity contribution >= 4 is 23.2 Å². The van der Waals surface area contributed by atoms with E-state index in [0.29, 0.717) is 5.56 Å². The molecule has 2 N–H and O–H groups in total. The molecule has 0 bridgehead atoms. The monoisotopic (exact) mass is 288 g/mol. The molecule has 1 aliphatic rings. The second-order valence-corrected chi connectivity index (χ2v) is 5.13. The van der Waals surface area contributed by atoms with Crippen molar-refractivity contribution in [2.75, 3.05) is 12.4 Å². The highest BCUT2D eigenvalue weighted by Gasteiger charge is 2.30. The van der Waals surface area contributed by atoms with Crippen LogP contribution in [0.5, 0.6) is 5.75 Å². The average molecular weight is 289 g/mol. The highest BCUT2D eigenvalue weighted by atomic mass is 35.5. The number of hydrogen-bond acceptors (Lipinski definition) is 3. The van der Waals surface area contributed by atoms with E-state index in [-0.39, 0.29) is 22.8 Å². The molecule has 3 rings (SSSR count). The second kappa shape index (κ2) is 4.72. The lowest BCUT2D eigenvalue weighted by Crippen LogP contribution is -2.40. The molecule has 1 amide bonds. The number of benzene rings is 2. The SMILES string of the molecule is CN1C(=O)c2ccccc2NC1c1ccc(O)c(Cl)c1. The molecule has 0 saturated carbocycles. The largest absolute Gasteiger partial charge is 0.506 e. The first kappa shape index (κ1) is 12.8. The minimum Gasteiger partial charge on any atom is -0.506 e. The fourth-order valence-corrected chi connectivity index (χ4v) is 2.54. The fraction of sp³-hybridized carbons (Fsp3) is 0.133. The van der Waals surface area contributed by atoms with Crippen LogP contribution in [0.1, 0.15) is 22.1 Å². The Balaban J connectivity index is 2.03. The van der Waals surface area contributed by atoms with E-state index in [1.54, 1.807) is 30.1 Å². The molecule has 20 heavy (non-hydrogen) atoms. The number of phenols is 1. The average Bonchev–Trinajstić information content (AvgIpc) is 2.46. The van der Waals surface area contributed by atoms with Gasteiger partial charge in [0, 0.05) is 12.7 Å². The summed E-state index contributed by atoms with van der Waals surface area (Å²) in [4.78, 5) is 14.0. The summed E-state index contributed by atoms with van der Waals surface area (Å²) in [7, 11) is 1.73. The Morgan fingerprint density at radius 3 is 2.75 bits per heavy atom. The van der Waals surface area contributed by atoms with Gasteiger partial charge in [0.1, 0.15) is 11.9 Å². The molecular weight excluding hydrogens is 276 g/mol. The molecule has 0 aromatic heterocycles. The molecule has 1 heterocycles. The molecule has 2 aromatic carbocycles. The van der Waals surface area contributed by atoms with Gasteiger partial charge in [-0.25, -0.2) is 0 Å². The first-order valence-electron chi connectivity index (χ1n) is 6.19. The number of anilines is 1. The van der Waals surface area contributed by atoms with Crippen molar-refractivity contribution in [1.29, 1.82) is 0 Å². The Hall–Kier alpha value is -2.20. The van der Waals surface area contributed by atoms with E-state index in [0.717, 1.165) is 11.3 Å². The molecule has 1 atom stereocenters. The molecule has 0 aliphatic carbocycles. The van der Waals surface area contributed by atoms with Crippen molar-refractivity contribution in [3.63, 3.8) is 0 Å². The Morgan fingerprint density at radius 1 is 1.25 bits per heavy atom. The van der Waals surface area contributed by atoms with Crippen LogP contribution in [-0.4, -0.2) is 23.0 Å². The summed E-state index contributed by atoms with van der Waals surface area (Å²) in [5.74, 6) is -0.0193. The van der Waals surface area contributed by atoms with E-state index < -0.39 is 0 Å². The van der Waals surface area contributed by atoms with Crippen LogP contribution in [0.15, 0.2) is 42.5 Å². The summed E-state index contributed by atoms with van der Waals surface area (Å²) in [5.41, 5.74) is 2.26. The van der Waals surface area contributed by atoms with Gasteiger partial charge in [0.15, 0.2) is 0 Å². The van der Waals surface area contributed by atoms with Crippen LogP contribution in [0.4, 0.5) is 5.69 Å². The number of rotatable bonds is 1. The highest BCUT2D eigenvalue weighted by Crippen LogP contribution is 2.34. The van der Waals surface area contributed by atoms with Crippen molar-refractivity contribution in [2.24, 2.45) is 0 Å².